The molecule has 1 aliphatic rings. The van der Waals surface area contributed by atoms with E-state index in [0.29, 0.717) is 6.04 Å². The number of hydrogen-bond donors (Lipinski definition) is 1. The second kappa shape index (κ2) is 6.21. The van der Waals surface area contributed by atoms with Crippen LogP contribution in [0.5, 0.6) is 0 Å². The third-order valence-corrected chi connectivity index (χ3v) is 3.49. The summed E-state index contributed by atoms with van der Waals surface area (Å²) in [5.41, 5.74) is 0. The van der Waals surface area contributed by atoms with Gasteiger partial charge >= 0.3 is 5.97 Å². The van der Waals surface area contributed by atoms with Gasteiger partial charge in [0.2, 0.25) is 0 Å². The number of aliphatic carboxylic acids is 1. The van der Waals surface area contributed by atoms with Gasteiger partial charge < -0.3 is 5.11 Å². The third-order valence-electron chi connectivity index (χ3n) is 3.49. The second-order valence-electron chi connectivity index (χ2n) is 4.62. The predicted molar refractivity (Wildman–Crippen MR) is 64.6 cm³/mol. The molecule has 2 unspecified atom stereocenters. The Balaban J connectivity index is 2.57. The summed E-state index contributed by atoms with van der Waals surface area (Å²) in [4.78, 5) is 15.7. The van der Waals surface area contributed by atoms with E-state index in [-0.39, 0.29) is 6.04 Å². The summed E-state index contributed by atoms with van der Waals surface area (Å²) in [6.45, 7) is 10.2. The first kappa shape index (κ1) is 13.5. The van der Waals surface area contributed by atoms with E-state index >= 15 is 0 Å². The van der Waals surface area contributed by atoms with Crippen LogP contribution in [0.2, 0.25) is 0 Å². The Morgan fingerprint density at radius 3 is 2.56 bits per heavy atom. The highest BCUT2D eigenvalue weighted by molar-refractivity contribution is 5.73. The Labute approximate surface area is 98.2 Å². The lowest BCUT2D eigenvalue weighted by Gasteiger charge is -2.41. The molecule has 0 radical (unpaired) electrons. The predicted octanol–water partition coefficient (Wildman–Crippen LogP) is 1.27. The molecule has 0 saturated carbocycles. The first-order valence-corrected chi connectivity index (χ1v) is 6.31. The quantitative estimate of drug-likeness (QED) is 0.769. The molecule has 0 aromatic heterocycles. The van der Waals surface area contributed by atoms with Gasteiger partial charge in [-0.15, -0.1) is 0 Å². The van der Waals surface area contributed by atoms with Crippen LogP contribution in [-0.2, 0) is 4.79 Å². The molecular weight excluding hydrogens is 204 g/mol. The zero-order chi connectivity index (χ0) is 12.1. The van der Waals surface area contributed by atoms with E-state index in [2.05, 4.69) is 23.6 Å². The van der Waals surface area contributed by atoms with Crippen molar-refractivity contribution in [3.8, 4) is 0 Å². The maximum atomic E-state index is 11.2. The van der Waals surface area contributed by atoms with Crippen LogP contribution < -0.4 is 0 Å². The van der Waals surface area contributed by atoms with Crippen LogP contribution in [0.3, 0.4) is 0 Å². The normalized spacial score (nSPS) is 25.6. The van der Waals surface area contributed by atoms with Crippen molar-refractivity contribution in [3.63, 3.8) is 0 Å². The highest BCUT2D eigenvalue weighted by atomic mass is 16.4. The molecule has 0 spiro atoms. The Morgan fingerprint density at radius 1 is 1.44 bits per heavy atom. The van der Waals surface area contributed by atoms with Crippen LogP contribution in [0, 0.1) is 0 Å². The highest BCUT2D eigenvalue weighted by Gasteiger charge is 2.30. The molecule has 0 aromatic rings. The van der Waals surface area contributed by atoms with Gasteiger partial charge in [0.15, 0.2) is 0 Å². The van der Waals surface area contributed by atoms with Gasteiger partial charge in [-0.25, -0.2) is 0 Å². The zero-order valence-corrected chi connectivity index (χ0v) is 10.6. The molecule has 94 valence electrons. The number of carboxylic acid groups (broad SMARTS) is 1. The number of piperazine rings is 1. The van der Waals surface area contributed by atoms with E-state index < -0.39 is 5.97 Å². The monoisotopic (exact) mass is 228 g/mol. The van der Waals surface area contributed by atoms with Crippen molar-refractivity contribution in [2.75, 3.05) is 26.2 Å². The van der Waals surface area contributed by atoms with Gasteiger partial charge in [-0.2, -0.15) is 0 Å². The van der Waals surface area contributed by atoms with Gasteiger partial charge in [0.25, 0.3) is 0 Å². The zero-order valence-electron chi connectivity index (χ0n) is 10.6. The molecule has 0 aromatic carbocycles. The number of likely N-dealkylation sites (N-methyl/N-ethyl adjacent to an activating group) is 1. The van der Waals surface area contributed by atoms with Crippen molar-refractivity contribution in [2.45, 2.75) is 45.7 Å². The summed E-state index contributed by atoms with van der Waals surface area (Å²) in [6, 6.07) is 0.184. The standard InChI is InChI=1S/C12H24N2O2/c1-4-6-11(12(15)16)14-8-7-13(5-2)10(3)9-14/h10-11H,4-9H2,1-3H3,(H,15,16). The molecule has 1 saturated heterocycles. The molecule has 2 atom stereocenters. The number of carbonyl (C=O) groups is 1. The van der Waals surface area contributed by atoms with Gasteiger partial charge in [0.1, 0.15) is 6.04 Å². The average Bonchev–Trinajstić information content (AvgIpc) is 2.25. The van der Waals surface area contributed by atoms with Crippen molar-refractivity contribution >= 4 is 5.97 Å². The number of carboxylic acids is 1. The maximum Gasteiger partial charge on any atom is 0.320 e. The Kier molecular flexibility index (Phi) is 5.22. The van der Waals surface area contributed by atoms with Gasteiger partial charge in [-0.3, -0.25) is 14.6 Å². The van der Waals surface area contributed by atoms with Crippen molar-refractivity contribution in [3.05, 3.63) is 0 Å². The Hall–Kier alpha value is -0.610. The van der Waals surface area contributed by atoms with E-state index in [1.54, 1.807) is 0 Å². The van der Waals surface area contributed by atoms with E-state index in [4.69, 9.17) is 0 Å². The van der Waals surface area contributed by atoms with Crippen LogP contribution in [0.25, 0.3) is 0 Å². The molecule has 4 nitrogen and oxygen atoms in total. The fourth-order valence-corrected chi connectivity index (χ4v) is 2.51. The highest BCUT2D eigenvalue weighted by Crippen LogP contribution is 2.15. The fourth-order valence-electron chi connectivity index (χ4n) is 2.51. The van der Waals surface area contributed by atoms with Crippen molar-refractivity contribution < 1.29 is 9.90 Å². The molecule has 1 aliphatic heterocycles. The summed E-state index contributed by atoms with van der Waals surface area (Å²) < 4.78 is 0. The van der Waals surface area contributed by atoms with Crippen molar-refractivity contribution in [1.82, 2.24) is 9.80 Å². The summed E-state index contributed by atoms with van der Waals surface area (Å²) in [5, 5.41) is 9.21. The van der Waals surface area contributed by atoms with Crippen LogP contribution in [0.4, 0.5) is 0 Å². The summed E-state index contributed by atoms with van der Waals surface area (Å²) >= 11 is 0. The molecule has 0 bridgehead atoms. The molecule has 1 N–H and O–H groups in total. The first-order valence-electron chi connectivity index (χ1n) is 6.31. The minimum absolute atomic E-state index is 0.286. The molecular formula is C12H24N2O2. The smallest absolute Gasteiger partial charge is 0.320 e. The minimum atomic E-state index is -0.668. The largest absolute Gasteiger partial charge is 0.480 e. The second-order valence-corrected chi connectivity index (χ2v) is 4.62. The summed E-state index contributed by atoms with van der Waals surface area (Å²) in [7, 11) is 0. The lowest BCUT2D eigenvalue weighted by atomic mass is 10.1. The maximum absolute atomic E-state index is 11.2. The van der Waals surface area contributed by atoms with Crippen LogP contribution in [-0.4, -0.2) is 59.1 Å². The van der Waals surface area contributed by atoms with E-state index in [1.165, 1.54) is 0 Å². The van der Waals surface area contributed by atoms with Gasteiger partial charge in [0.05, 0.1) is 0 Å². The number of rotatable bonds is 5. The van der Waals surface area contributed by atoms with E-state index in [1.807, 2.05) is 6.92 Å². The SMILES string of the molecule is CCCC(C(=O)O)N1CCN(CC)C(C)C1. The van der Waals surface area contributed by atoms with Gasteiger partial charge in [0, 0.05) is 25.7 Å². The molecule has 1 rings (SSSR count). The van der Waals surface area contributed by atoms with Gasteiger partial charge in [-0.1, -0.05) is 20.3 Å². The summed E-state index contributed by atoms with van der Waals surface area (Å²) in [5.74, 6) is -0.668. The molecule has 1 heterocycles. The summed E-state index contributed by atoms with van der Waals surface area (Å²) in [6.07, 6.45) is 1.69. The van der Waals surface area contributed by atoms with E-state index in [0.717, 1.165) is 39.0 Å². The molecule has 1 fully saturated rings. The van der Waals surface area contributed by atoms with E-state index in [9.17, 15) is 9.90 Å². The molecule has 0 amide bonds. The Bertz CT molecular complexity index is 233. The number of nitrogens with zero attached hydrogens (tertiary/aromatic N) is 2. The van der Waals surface area contributed by atoms with Gasteiger partial charge in [-0.05, 0) is 19.9 Å². The van der Waals surface area contributed by atoms with Crippen LogP contribution in [0.15, 0.2) is 0 Å². The van der Waals surface area contributed by atoms with Crippen molar-refractivity contribution in [2.24, 2.45) is 0 Å². The topological polar surface area (TPSA) is 43.8 Å². The van der Waals surface area contributed by atoms with Crippen LogP contribution in [0.1, 0.15) is 33.6 Å². The third kappa shape index (κ3) is 3.19. The molecule has 4 heteroatoms. The first-order chi connectivity index (χ1) is 7.60. The molecule has 16 heavy (non-hydrogen) atoms. The number of hydrogen-bond acceptors (Lipinski definition) is 3. The average molecular weight is 228 g/mol. The molecule has 0 aliphatic carbocycles. The fraction of sp³-hybridized carbons (Fsp3) is 0.917. The Morgan fingerprint density at radius 2 is 2.12 bits per heavy atom. The van der Waals surface area contributed by atoms with Crippen LogP contribution >= 0.6 is 0 Å². The minimum Gasteiger partial charge on any atom is -0.480 e. The van der Waals surface area contributed by atoms with Crippen molar-refractivity contribution in [1.29, 1.82) is 0 Å². The lowest BCUT2D eigenvalue weighted by Crippen LogP contribution is -2.56. The lowest BCUT2D eigenvalue weighted by molar-refractivity contribution is -0.144.